The molecule has 1 aliphatic carbocycles. The Bertz CT molecular complexity index is 630. The Kier molecular flexibility index (Phi) is 3.53. The number of hydrogen-bond acceptors (Lipinski definition) is 1. The summed E-state index contributed by atoms with van der Waals surface area (Å²) in [5, 5.41) is 12.1. The number of halogens is 2. The van der Waals surface area contributed by atoms with Gasteiger partial charge in [-0.3, -0.25) is 0 Å². The van der Waals surface area contributed by atoms with Crippen LogP contribution in [0.1, 0.15) is 42.6 Å². The van der Waals surface area contributed by atoms with Crippen molar-refractivity contribution in [1.29, 1.82) is 0 Å². The normalized spacial score (nSPS) is 17.8. The maximum absolute atomic E-state index is 10.7. The predicted molar refractivity (Wildman–Crippen MR) is 83.6 cm³/mol. The fourth-order valence-electron chi connectivity index (χ4n) is 2.57. The van der Waals surface area contributed by atoms with Crippen LogP contribution in [0.4, 0.5) is 0 Å². The fourth-order valence-corrected chi connectivity index (χ4v) is 2.87. The average Bonchev–Trinajstić information content (AvgIpc) is 3.18. The molecule has 1 aliphatic rings. The minimum absolute atomic E-state index is 0.160. The van der Waals surface area contributed by atoms with Gasteiger partial charge in [-0.15, -0.1) is 0 Å². The third-order valence-electron chi connectivity index (χ3n) is 4.15. The zero-order valence-corrected chi connectivity index (χ0v) is 12.7. The van der Waals surface area contributed by atoms with E-state index in [-0.39, 0.29) is 5.41 Å². The number of aliphatic hydroxyl groups is 1. The Morgan fingerprint density at radius 1 is 1.00 bits per heavy atom. The van der Waals surface area contributed by atoms with Crippen molar-refractivity contribution in [1.82, 2.24) is 0 Å². The third kappa shape index (κ3) is 2.58. The van der Waals surface area contributed by atoms with Crippen molar-refractivity contribution in [3.8, 4) is 0 Å². The van der Waals surface area contributed by atoms with Gasteiger partial charge >= 0.3 is 0 Å². The molecule has 104 valence electrons. The highest BCUT2D eigenvalue weighted by atomic mass is 35.5. The quantitative estimate of drug-likeness (QED) is 0.833. The van der Waals surface area contributed by atoms with Crippen LogP contribution in [0.5, 0.6) is 0 Å². The molecule has 1 N–H and O–H groups in total. The molecule has 0 spiro atoms. The standard InChI is InChI=1S/C17H16Cl2O/c1-17(8-9-17)15-10-13(19)6-7-14(15)16(20)11-2-4-12(18)5-3-11/h2-7,10,16,20H,8-9H2,1H3. The Balaban J connectivity index is 2.03. The predicted octanol–water partition coefficient (Wildman–Crippen LogP) is 5.13. The van der Waals surface area contributed by atoms with Gasteiger partial charge in [0.15, 0.2) is 0 Å². The molecule has 2 aromatic carbocycles. The third-order valence-corrected chi connectivity index (χ3v) is 4.63. The van der Waals surface area contributed by atoms with E-state index in [9.17, 15) is 5.11 Å². The molecule has 0 heterocycles. The SMILES string of the molecule is CC1(c2cc(Cl)ccc2C(O)c2ccc(Cl)cc2)CC1. The lowest BCUT2D eigenvalue weighted by Crippen LogP contribution is -2.10. The van der Waals surface area contributed by atoms with E-state index in [0.29, 0.717) is 5.02 Å². The molecule has 1 nitrogen and oxygen atoms in total. The van der Waals surface area contributed by atoms with Gasteiger partial charge < -0.3 is 5.11 Å². The van der Waals surface area contributed by atoms with Gasteiger partial charge in [0.2, 0.25) is 0 Å². The van der Waals surface area contributed by atoms with Crippen LogP contribution < -0.4 is 0 Å². The first kappa shape index (κ1) is 13.9. The molecule has 0 aromatic heterocycles. The smallest absolute Gasteiger partial charge is 0.104 e. The molecule has 1 fully saturated rings. The summed E-state index contributed by atoms with van der Waals surface area (Å²) in [5.74, 6) is 0. The van der Waals surface area contributed by atoms with E-state index < -0.39 is 6.10 Å². The summed E-state index contributed by atoms with van der Waals surface area (Å²) in [4.78, 5) is 0. The highest BCUT2D eigenvalue weighted by Crippen LogP contribution is 2.50. The van der Waals surface area contributed by atoms with Crippen molar-refractivity contribution in [2.45, 2.75) is 31.3 Å². The average molecular weight is 307 g/mol. The monoisotopic (exact) mass is 306 g/mol. The van der Waals surface area contributed by atoms with E-state index in [1.807, 2.05) is 30.3 Å². The van der Waals surface area contributed by atoms with Crippen LogP contribution in [0, 0.1) is 0 Å². The lowest BCUT2D eigenvalue weighted by atomic mass is 9.88. The van der Waals surface area contributed by atoms with Gasteiger partial charge in [-0.25, -0.2) is 0 Å². The van der Waals surface area contributed by atoms with Gasteiger partial charge in [-0.1, -0.05) is 48.3 Å². The topological polar surface area (TPSA) is 20.2 Å². The Morgan fingerprint density at radius 2 is 1.60 bits per heavy atom. The zero-order chi connectivity index (χ0) is 14.3. The molecule has 20 heavy (non-hydrogen) atoms. The second-order valence-electron chi connectivity index (χ2n) is 5.75. The summed E-state index contributed by atoms with van der Waals surface area (Å²) in [6.07, 6.45) is 1.65. The van der Waals surface area contributed by atoms with Crippen LogP contribution in [0.15, 0.2) is 42.5 Å². The van der Waals surface area contributed by atoms with Gasteiger partial charge in [0.1, 0.15) is 6.10 Å². The van der Waals surface area contributed by atoms with E-state index >= 15 is 0 Å². The Labute approximate surface area is 129 Å². The first-order valence-electron chi connectivity index (χ1n) is 6.73. The summed E-state index contributed by atoms with van der Waals surface area (Å²) in [5.41, 5.74) is 3.11. The number of rotatable bonds is 3. The highest BCUT2D eigenvalue weighted by Gasteiger charge is 2.41. The Morgan fingerprint density at radius 3 is 2.20 bits per heavy atom. The van der Waals surface area contributed by atoms with Crippen LogP contribution >= 0.6 is 23.2 Å². The number of hydrogen-bond donors (Lipinski definition) is 1. The van der Waals surface area contributed by atoms with E-state index in [2.05, 4.69) is 6.92 Å². The van der Waals surface area contributed by atoms with Gasteiger partial charge in [0, 0.05) is 10.0 Å². The molecular weight excluding hydrogens is 291 g/mol. The molecule has 0 saturated heterocycles. The van der Waals surface area contributed by atoms with Crippen molar-refractivity contribution in [3.63, 3.8) is 0 Å². The summed E-state index contributed by atoms with van der Waals surface area (Å²) < 4.78 is 0. The minimum Gasteiger partial charge on any atom is -0.384 e. The largest absolute Gasteiger partial charge is 0.384 e. The van der Waals surface area contributed by atoms with Gasteiger partial charge in [-0.05, 0) is 59.2 Å². The maximum Gasteiger partial charge on any atom is 0.104 e. The van der Waals surface area contributed by atoms with Crippen molar-refractivity contribution in [3.05, 3.63) is 69.2 Å². The summed E-state index contributed by atoms with van der Waals surface area (Å²) in [6.45, 7) is 2.22. The summed E-state index contributed by atoms with van der Waals surface area (Å²) in [6, 6.07) is 13.1. The molecule has 2 aromatic rings. The van der Waals surface area contributed by atoms with Crippen LogP contribution in [0.25, 0.3) is 0 Å². The molecule has 1 unspecified atom stereocenters. The summed E-state index contributed by atoms with van der Waals surface area (Å²) in [7, 11) is 0. The highest BCUT2D eigenvalue weighted by molar-refractivity contribution is 6.30. The molecule has 1 atom stereocenters. The minimum atomic E-state index is -0.642. The van der Waals surface area contributed by atoms with E-state index in [0.717, 1.165) is 34.6 Å². The van der Waals surface area contributed by atoms with Crippen molar-refractivity contribution >= 4 is 23.2 Å². The summed E-state index contributed by atoms with van der Waals surface area (Å²) >= 11 is 12.0. The lowest BCUT2D eigenvalue weighted by molar-refractivity contribution is 0.218. The zero-order valence-electron chi connectivity index (χ0n) is 11.2. The molecule has 3 heteroatoms. The first-order chi connectivity index (χ1) is 9.49. The van der Waals surface area contributed by atoms with Crippen molar-refractivity contribution < 1.29 is 5.11 Å². The molecule has 0 bridgehead atoms. The Hall–Kier alpha value is -1.02. The van der Waals surface area contributed by atoms with Crippen LogP contribution in [-0.2, 0) is 5.41 Å². The van der Waals surface area contributed by atoms with Crippen molar-refractivity contribution in [2.24, 2.45) is 0 Å². The lowest BCUT2D eigenvalue weighted by Gasteiger charge is -2.20. The van der Waals surface area contributed by atoms with Gasteiger partial charge in [0.25, 0.3) is 0 Å². The molecule has 0 aliphatic heterocycles. The second-order valence-corrected chi connectivity index (χ2v) is 6.62. The van der Waals surface area contributed by atoms with E-state index in [1.54, 1.807) is 12.1 Å². The van der Waals surface area contributed by atoms with Gasteiger partial charge in [0.05, 0.1) is 0 Å². The maximum atomic E-state index is 10.7. The molecule has 0 radical (unpaired) electrons. The molecule has 3 rings (SSSR count). The van der Waals surface area contributed by atoms with Crippen molar-refractivity contribution in [2.75, 3.05) is 0 Å². The first-order valence-corrected chi connectivity index (χ1v) is 7.49. The molecular formula is C17H16Cl2O. The second kappa shape index (κ2) is 5.07. The fraction of sp³-hybridized carbons (Fsp3) is 0.294. The van der Waals surface area contributed by atoms with Gasteiger partial charge in [-0.2, -0.15) is 0 Å². The number of aliphatic hydroxyl groups excluding tert-OH is 1. The molecule has 0 amide bonds. The molecule has 1 saturated carbocycles. The van der Waals surface area contributed by atoms with E-state index in [1.165, 1.54) is 0 Å². The number of benzene rings is 2. The van der Waals surface area contributed by atoms with Crippen LogP contribution in [0.3, 0.4) is 0 Å². The van der Waals surface area contributed by atoms with Crippen LogP contribution in [-0.4, -0.2) is 5.11 Å². The van der Waals surface area contributed by atoms with E-state index in [4.69, 9.17) is 23.2 Å². The van der Waals surface area contributed by atoms with Crippen LogP contribution in [0.2, 0.25) is 10.0 Å².